The van der Waals surface area contributed by atoms with Crippen LogP contribution in [0.25, 0.3) is 0 Å². The summed E-state index contributed by atoms with van der Waals surface area (Å²) in [4.78, 5) is 35.2. The molecule has 1 aliphatic rings. The lowest BCUT2D eigenvalue weighted by atomic mass is 9.97. The summed E-state index contributed by atoms with van der Waals surface area (Å²) in [6.45, 7) is 2.01. The summed E-state index contributed by atoms with van der Waals surface area (Å²) >= 11 is 0. The van der Waals surface area contributed by atoms with E-state index in [0.717, 1.165) is 31.2 Å². The fourth-order valence-electron chi connectivity index (χ4n) is 2.77. The number of carbonyl (C=O) groups excluding carboxylic acids is 3. The van der Waals surface area contributed by atoms with Crippen molar-refractivity contribution >= 4 is 17.9 Å². The highest BCUT2D eigenvalue weighted by atomic mass is 16.5. The lowest BCUT2D eigenvalue weighted by Gasteiger charge is -2.13. The molecule has 0 bridgehead atoms. The van der Waals surface area contributed by atoms with Crippen molar-refractivity contribution in [2.45, 2.75) is 45.4 Å². The summed E-state index contributed by atoms with van der Waals surface area (Å²) in [6, 6.07) is 6.42. The summed E-state index contributed by atoms with van der Waals surface area (Å²) in [5, 5.41) is 4.80. The molecular weight excluding hydrogens is 332 g/mol. The van der Waals surface area contributed by atoms with Gasteiger partial charge >= 0.3 is 12.0 Å². The first-order chi connectivity index (χ1) is 12.6. The van der Waals surface area contributed by atoms with Gasteiger partial charge < -0.3 is 10.1 Å². The van der Waals surface area contributed by atoms with Crippen LogP contribution >= 0.6 is 0 Å². The molecule has 0 unspecified atom stereocenters. The first-order valence-electron chi connectivity index (χ1n) is 9.10. The summed E-state index contributed by atoms with van der Waals surface area (Å²) < 4.78 is 4.92. The van der Waals surface area contributed by atoms with Crippen LogP contribution in [0.15, 0.2) is 35.9 Å². The Labute approximate surface area is 154 Å². The van der Waals surface area contributed by atoms with E-state index in [1.807, 2.05) is 19.1 Å². The highest BCUT2D eigenvalue weighted by Gasteiger charge is 2.12. The average molecular weight is 358 g/mol. The molecule has 1 aliphatic carbocycles. The van der Waals surface area contributed by atoms with Gasteiger partial charge in [0.2, 0.25) is 0 Å². The minimum Gasteiger partial charge on any atom is -0.452 e. The third kappa shape index (κ3) is 6.70. The first-order valence-corrected chi connectivity index (χ1v) is 9.10. The van der Waals surface area contributed by atoms with E-state index in [2.05, 4.69) is 16.7 Å². The van der Waals surface area contributed by atoms with Gasteiger partial charge in [0, 0.05) is 6.54 Å². The van der Waals surface area contributed by atoms with Crippen molar-refractivity contribution in [1.29, 1.82) is 0 Å². The molecule has 6 heteroatoms. The Morgan fingerprint density at radius 3 is 2.54 bits per heavy atom. The van der Waals surface area contributed by atoms with E-state index < -0.39 is 24.5 Å². The number of carbonyl (C=O) groups is 3. The lowest BCUT2D eigenvalue weighted by molar-refractivity contribution is -0.123. The molecule has 0 saturated heterocycles. The average Bonchev–Trinajstić information content (AvgIpc) is 2.67. The van der Waals surface area contributed by atoms with Gasteiger partial charge in [0.05, 0.1) is 5.56 Å². The fourth-order valence-corrected chi connectivity index (χ4v) is 2.77. The minimum absolute atomic E-state index is 0.375. The molecule has 0 saturated carbocycles. The van der Waals surface area contributed by atoms with Gasteiger partial charge in [0.1, 0.15) is 0 Å². The molecule has 0 atom stereocenters. The van der Waals surface area contributed by atoms with Gasteiger partial charge in [-0.05, 0) is 56.2 Å². The van der Waals surface area contributed by atoms with Crippen LogP contribution in [0.1, 0.15) is 54.9 Å². The minimum atomic E-state index is -0.655. The maximum Gasteiger partial charge on any atom is 0.338 e. The van der Waals surface area contributed by atoms with Gasteiger partial charge in [-0.3, -0.25) is 10.1 Å². The van der Waals surface area contributed by atoms with Gasteiger partial charge in [-0.2, -0.15) is 0 Å². The zero-order chi connectivity index (χ0) is 18.8. The van der Waals surface area contributed by atoms with Crippen LogP contribution in [-0.4, -0.2) is 31.1 Å². The predicted molar refractivity (Wildman–Crippen MR) is 98.8 cm³/mol. The molecule has 2 rings (SSSR count). The van der Waals surface area contributed by atoms with Crippen molar-refractivity contribution in [2.75, 3.05) is 13.2 Å². The number of ether oxygens (including phenoxy) is 1. The SMILES string of the molecule is CCc1ccc(C(=O)OCC(=O)NC(=O)NCCC2=CCCCC2)cc1. The summed E-state index contributed by atoms with van der Waals surface area (Å²) in [6.07, 6.45) is 8.51. The van der Waals surface area contributed by atoms with Crippen LogP contribution in [-0.2, 0) is 16.0 Å². The van der Waals surface area contributed by atoms with Gasteiger partial charge in [0.25, 0.3) is 5.91 Å². The second-order valence-electron chi connectivity index (χ2n) is 6.29. The molecule has 0 radical (unpaired) electrons. The smallest absolute Gasteiger partial charge is 0.338 e. The quantitative estimate of drug-likeness (QED) is 0.579. The Bertz CT molecular complexity index is 665. The topological polar surface area (TPSA) is 84.5 Å². The Morgan fingerprint density at radius 1 is 1.12 bits per heavy atom. The molecule has 6 nitrogen and oxygen atoms in total. The lowest BCUT2D eigenvalue weighted by Crippen LogP contribution is -2.41. The molecule has 0 heterocycles. The van der Waals surface area contributed by atoms with Gasteiger partial charge in [0.15, 0.2) is 6.61 Å². The molecule has 0 aromatic heterocycles. The van der Waals surface area contributed by atoms with E-state index in [1.165, 1.54) is 18.4 Å². The fraction of sp³-hybridized carbons (Fsp3) is 0.450. The van der Waals surface area contributed by atoms with Crippen LogP contribution in [0, 0.1) is 0 Å². The Hall–Kier alpha value is -2.63. The second kappa shape index (κ2) is 10.4. The van der Waals surface area contributed by atoms with Crippen molar-refractivity contribution in [3.05, 3.63) is 47.0 Å². The van der Waals surface area contributed by atoms with Crippen LogP contribution in [0.4, 0.5) is 4.79 Å². The van der Waals surface area contributed by atoms with Crippen molar-refractivity contribution < 1.29 is 19.1 Å². The number of imide groups is 1. The molecular formula is C20H26N2O4. The van der Waals surface area contributed by atoms with E-state index in [0.29, 0.717) is 12.1 Å². The van der Waals surface area contributed by atoms with Crippen molar-refractivity contribution in [1.82, 2.24) is 10.6 Å². The van der Waals surface area contributed by atoms with Crippen LogP contribution in [0.3, 0.4) is 0 Å². The van der Waals surface area contributed by atoms with Gasteiger partial charge in [-0.15, -0.1) is 0 Å². The summed E-state index contributed by atoms with van der Waals surface area (Å²) in [7, 11) is 0. The largest absolute Gasteiger partial charge is 0.452 e. The number of amides is 3. The van der Waals surface area contributed by atoms with Crippen molar-refractivity contribution in [3.63, 3.8) is 0 Å². The molecule has 0 aliphatic heterocycles. The highest BCUT2D eigenvalue weighted by molar-refractivity contribution is 5.97. The van der Waals surface area contributed by atoms with E-state index in [1.54, 1.807) is 12.1 Å². The zero-order valence-corrected chi connectivity index (χ0v) is 15.2. The van der Waals surface area contributed by atoms with Crippen LogP contribution in [0.2, 0.25) is 0 Å². The predicted octanol–water partition coefficient (Wildman–Crippen LogP) is 3.12. The molecule has 140 valence electrons. The molecule has 2 N–H and O–H groups in total. The number of allylic oxidation sites excluding steroid dienone is 1. The van der Waals surface area contributed by atoms with Gasteiger partial charge in [-0.25, -0.2) is 9.59 Å². The molecule has 26 heavy (non-hydrogen) atoms. The number of hydrogen-bond acceptors (Lipinski definition) is 4. The van der Waals surface area contributed by atoms with Crippen molar-refractivity contribution in [3.8, 4) is 0 Å². The van der Waals surface area contributed by atoms with Crippen LogP contribution < -0.4 is 10.6 Å². The maximum atomic E-state index is 11.9. The summed E-state index contributed by atoms with van der Waals surface area (Å²) in [5.74, 6) is -1.25. The normalized spacial score (nSPS) is 13.5. The molecule has 1 aromatic rings. The van der Waals surface area contributed by atoms with E-state index in [9.17, 15) is 14.4 Å². The van der Waals surface area contributed by atoms with Gasteiger partial charge in [-0.1, -0.05) is 30.7 Å². The second-order valence-corrected chi connectivity index (χ2v) is 6.29. The summed E-state index contributed by atoms with van der Waals surface area (Å²) in [5.41, 5.74) is 2.84. The first kappa shape index (κ1) is 19.7. The molecule has 0 spiro atoms. The standard InChI is InChI=1S/C20H26N2O4/c1-2-15-8-10-17(11-9-15)19(24)26-14-18(23)22-20(25)21-13-12-16-6-4-3-5-7-16/h6,8-11H,2-5,7,12-14H2,1H3,(H2,21,22,23,25). The molecule has 1 aromatic carbocycles. The number of benzene rings is 1. The highest BCUT2D eigenvalue weighted by Crippen LogP contribution is 2.19. The van der Waals surface area contributed by atoms with E-state index >= 15 is 0 Å². The van der Waals surface area contributed by atoms with E-state index in [4.69, 9.17) is 4.74 Å². The monoisotopic (exact) mass is 358 g/mol. The Balaban J connectivity index is 1.64. The number of nitrogens with one attached hydrogen (secondary N) is 2. The number of rotatable bonds is 7. The number of urea groups is 1. The van der Waals surface area contributed by atoms with E-state index in [-0.39, 0.29) is 0 Å². The Morgan fingerprint density at radius 2 is 1.88 bits per heavy atom. The number of aryl methyl sites for hydroxylation is 1. The Kier molecular flexibility index (Phi) is 7.86. The van der Waals surface area contributed by atoms with Crippen LogP contribution in [0.5, 0.6) is 0 Å². The molecule has 0 fully saturated rings. The maximum absolute atomic E-state index is 11.9. The number of hydrogen-bond donors (Lipinski definition) is 2. The zero-order valence-electron chi connectivity index (χ0n) is 15.2. The third-order valence-electron chi connectivity index (χ3n) is 4.30. The molecule has 3 amide bonds. The van der Waals surface area contributed by atoms with Crippen molar-refractivity contribution in [2.24, 2.45) is 0 Å². The third-order valence-corrected chi connectivity index (χ3v) is 4.30. The number of esters is 1.